The van der Waals surface area contributed by atoms with E-state index in [1.54, 1.807) is 7.11 Å². The molecular weight excluding hydrogens is 405 g/mol. The predicted octanol–water partition coefficient (Wildman–Crippen LogP) is 2.47. The van der Waals surface area contributed by atoms with Gasteiger partial charge in [0, 0.05) is 17.5 Å². The SMILES string of the molecule is COc1ccc2c3c1O[C@H]1C(=O)C=C(I)[C@H]4[C@@H](C2)N(C)CC[C@]314. The minimum absolute atomic E-state index is 0.111. The number of hydrogen-bond acceptors (Lipinski definition) is 4. The molecule has 0 saturated carbocycles. The number of methoxy groups -OCH3 is 1. The summed E-state index contributed by atoms with van der Waals surface area (Å²) < 4.78 is 13.0. The van der Waals surface area contributed by atoms with E-state index in [-0.39, 0.29) is 17.3 Å². The molecule has 5 rings (SSSR count). The van der Waals surface area contributed by atoms with Gasteiger partial charge in [0.25, 0.3) is 0 Å². The Bertz CT molecular complexity index is 774. The smallest absolute Gasteiger partial charge is 0.197 e. The van der Waals surface area contributed by atoms with Crippen molar-refractivity contribution in [1.29, 1.82) is 0 Å². The van der Waals surface area contributed by atoms with Gasteiger partial charge in [-0.1, -0.05) is 6.07 Å². The Morgan fingerprint density at radius 1 is 1.43 bits per heavy atom. The van der Waals surface area contributed by atoms with E-state index in [9.17, 15) is 4.79 Å². The number of nitrogens with zero attached hydrogens (tertiary/aromatic N) is 1. The number of carbonyl (C=O) groups excluding carboxylic acids is 1. The fourth-order valence-electron chi connectivity index (χ4n) is 5.31. The lowest BCUT2D eigenvalue weighted by atomic mass is 9.53. The Morgan fingerprint density at radius 3 is 3.04 bits per heavy atom. The van der Waals surface area contributed by atoms with E-state index in [4.69, 9.17) is 9.47 Å². The van der Waals surface area contributed by atoms with Gasteiger partial charge in [-0.2, -0.15) is 0 Å². The highest BCUT2D eigenvalue weighted by Gasteiger charge is 2.66. The highest BCUT2D eigenvalue weighted by atomic mass is 127. The predicted molar refractivity (Wildman–Crippen MR) is 94.4 cm³/mol. The Kier molecular flexibility index (Phi) is 2.80. The number of likely N-dealkylation sites (N-methyl/N-ethyl adjacent to an activating group) is 1. The first-order valence-corrected chi connectivity index (χ1v) is 9.14. The lowest BCUT2D eigenvalue weighted by Gasteiger charge is -2.56. The Balaban J connectivity index is 1.85. The first kappa shape index (κ1) is 14.3. The van der Waals surface area contributed by atoms with Crippen molar-refractivity contribution in [2.75, 3.05) is 20.7 Å². The van der Waals surface area contributed by atoms with E-state index < -0.39 is 0 Å². The largest absolute Gasteiger partial charge is 0.493 e. The molecule has 0 radical (unpaired) electrons. The van der Waals surface area contributed by atoms with Crippen LogP contribution in [0.15, 0.2) is 21.8 Å². The third-order valence-electron chi connectivity index (χ3n) is 6.25. The molecule has 1 saturated heterocycles. The zero-order valence-corrected chi connectivity index (χ0v) is 15.3. The van der Waals surface area contributed by atoms with Crippen molar-refractivity contribution in [3.63, 3.8) is 0 Å². The van der Waals surface area contributed by atoms with Gasteiger partial charge in [-0.15, -0.1) is 0 Å². The summed E-state index contributed by atoms with van der Waals surface area (Å²) in [4.78, 5) is 15.2. The molecule has 4 aliphatic rings. The van der Waals surface area contributed by atoms with E-state index in [0.29, 0.717) is 12.0 Å². The van der Waals surface area contributed by atoms with Gasteiger partial charge < -0.3 is 14.4 Å². The second-order valence-corrected chi connectivity index (χ2v) is 8.33. The maximum absolute atomic E-state index is 12.8. The fourth-order valence-corrected chi connectivity index (χ4v) is 6.59. The molecule has 0 N–H and O–H groups in total. The summed E-state index contributed by atoms with van der Waals surface area (Å²) in [6.45, 7) is 1.01. The summed E-state index contributed by atoms with van der Waals surface area (Å²) in [5.74, 6) is 2.03. The van der Waals surface area contributed by atoms with Crippen LogP contribution in [0.3, 0.4) is 0 Å². The molecule has 5 heteroatoms. The molecule has 0 unspecified atom stereocenters. The van der Waals surface area contributed by atoms with Crippen LogP contribution in [0.1, 0.15) is 17.5 Å². The molecule has 2 heterocycles. The van der Waals surface area contributed by atoms with Crippen molar-refractivity contribution in [3.05, 3.63) is 32.9 Å². The van der Waals surface area contributed by atoms with Crippen LogP contribution >= 0.6 is 22.6 Å². The second kappa shape index (κ2) is 4.51. The molecule has 1 aromatic carbocycles. The first-order valence-electron chi connectivity index (χ1n) is 8.06. The molecule has 23 heavy (non-hydrogen) atoms. The number of halogens is 1. The monoisotopic (exact) mass is 423 g/mol. The molecule has 2 aliphatic carbocycles. The van der Waals surface area contributed by atoms with Crippen molar-refractivity contribution in [2.45, 2.75) is 30.4 Å². The van der Waals surface area contributed by atoms with Crippen LogP contribution in [0.25, 0.3) is 0 Å². The van der Waals surface area contributed by atoms with Crippen LogP contribution in [0.2, 0.25) is 0 Å². The summed E-state index contributed by atoms with van der Waals surface area (Å²) in [6.07, 6.45) is 3.41. The molecule has 1 fully saturated rings. The summed E-state index contributed by atoms with van der Waals surface area (Å²) in [5, 5.41) is 0. The van der Waals surface area contributed by atoms with Crippen molar-refractivity contribution in [2.24, 2.45) is 5.92 Å². The number of likely N-dealkylation sites (tertiary alicyclic amines) is 1. The Hall–Kier alpha value is -1.08. The molecule has 1 aromatic rings. The number of carbonyl (C=O) groups is 1. The molecular formula is C18H18INO3. The Labute approximate surface area is 149 Å². The fraction of sp³-hybridized carbons (Fsp3) is 0.500. The van der Waals surface area contributed by atoms with Crippen LogP contribution in [0, 0.1) is 5.92 Å². The normalized spacial score (nSPS) is 37.1. The number of ketones is 1. The van der Waals surface area contributed by atoms with Crippen LogP contribution in [0.5, 0.6) is 11.5 Å². The average Bonchev–Trinajstić information content (AvgIpc) is 2.88. The Morgan fingerprint density at radius 2 is 2.26 bits per heavy atom. The van der Waals surface area contributed by atoms with Crippen molar-refractivity contribution in [3.8, 4) is 11.5 Å². The zero-order chi connectivity index (χ0) is 15.9. The van der Waals surface area contributed by atoms with E-state index in [0.717, 1.165) is 30.9 Å². The average molecular weight is 423 g/mol. The van der Waals surface area contributed by atoms with E-state index in [1.807, 2.05) is 12.1 Å². The van der Waals surface area contributed by atoms with E-state index >= 15 is 0 Å². The van der Waals surface area contributed by atoms with Crippen LogP contribution in [-0.2, 0) is 16.6 Å². The number of hydrogen-bond donors (Lipinski definition) is 0. The van der Waals surface area contributed by atoms with Gasteiger partial charge in [0.1, 0.15) is 0 Å². The van der Waals surface area contributed by atoms with Gasteiger partial charge in [-0.25, -0.2) is 0 Å². The van der Waals surface area contributed by atoms with Gasteiger partial charge in [0.2, 0.25) is 0 Å². The van der Waals surface area contributed by atoms with Gasteiger partial charge in [-0.05, 0) is 70.3 Å². The highest BCUT2D eigenvalue weighted by Crippen LogP contribution is 2.63. The minimum Gasteiger partial charge on any atom is -0.493 e. The van der Waals surface area contributed by atoms with Gasteiger partial charge >= 0.3 is 0 Å². The molecule has 2 aliphatic heterocycles. The van der Waals surface area contributed by atoms with Crippen molar-refractivity contribution < 1.29 is 14.3 Å². The number of rotatable bonds is 1. The standard InChI is InChI=1S/C18H18INO3/c1-20-6-5-18-14-9-3-4-13(22-2)16(14)23-17(18)12(21)8-10(19)15(18)11(20)7-9/h3-4,8,11,15,17H,5-7H2,1-2H3/t11-,15+,17+,18-/m1/s1. The van der Waals surface area contributed by atoms with Crippen LogP contribution < -0.4 is 9.47 Å². The first-order chi connectivity index (χ1) is 11.1. The molecule has 1 spiro atoms. The zero-order valence-electron chi connectivity index (χ0n) is 13.1. The molecule has 4 atom stereocenters. The molecule has 2 bridgehead atoms. The summed E-state index contributed by atoms with van der Waals surface area (Å²) in [7, 11) is 3.88. The van der Waals surface area contributed by atoms with Gasteiger partial charge in [-0.3, -0.25) is 4.79 Å². The lowest BCUT2D eigenvalue weighted by Crippen LogP contribution is -2.64. The molecule has 0 aromatic heterocycles. The van der Waals surface area contributed by atoms with E-state index in [2.05, 4.69) is 40.6 Å². The second-order valence-electron chi connectivity index (χ2n) is 7.08. The number of benzene rings is 1. The number of ether oxygens (including phenoxy) is 2. The molecule has 120 valence electrons. The van der Waals surface area contributed by atoms with E-state index in [1.165, 1.54) is 14.7 Å². The molecule has 0 amide bonds. The third kappa shape index (κ3) is 1.53. The summed E-state index contributed by atoms with van der Waals surface area (Å²) in [6, 6.07) is 4.60. The number of piperidine rings is 1. The van der Waals surface area contributed by atoms with Crippen molar-refractivity contribution in [1.82, 2.24) is 4.90 Å². The molecule has 4 nitrogen and oxygen atoms in total. The third-order valence-corrected chi connectivity index (χ3v) is 7.23. The summed E-state index contributed by atoms with van der Waals surface area (Å²) in [5.41, 5.74) is 2.39. The topological polar surface area (TPSA) is 38.8 Å². The summed E-state index contributed by atoms with van der Waals surface area (Å²) >= 11 is 2.38. The maximum Gasteiger partial charge on any atom is 0.197 e. The lowest BCUT2D eigenvalue weighted by molar-refractivity contribution is -0.127. The van der Waals surface area contributed by atoms with Gasteiger partial charge in [0.15, 0.2) is 23.4 Å². The van der Waals surface area contributed by atoms with Crippen LogP contribution in [0.4, 0.5) is 0 Å². The maximum atomic E-state index is 12.8. The van der Waals surface area contributed by atoms with Crippen LogP contribution in [-0.4, -0.2) is 43.5 Å². The van der Waals surface area contributed by atoms with Crippen molar-refractivity contribution >= 4 is 28.4 Å². The van der Waals surface area contributed by atoms with Gasteiger partial charge in [0.05, 0.1) is 12.5 Å². The highest BCUT2D eigenvalue weighted by molar-refractivity contribution is 14.1. The minimum atomic E-state index is -0.382. The quantitative estimate of drug-likeness (QED) is 0.651.